The van der Waals surface area contributed by atoms with E-state index in [0.29, 0.717) is 19.5 Å². The Balaban J connectivity index is 2.04. The molecule has 0 N–H and O–H groups in total. The molecule has 3 amide bonds. The molecule has 2 atom stereocenters. The van der Waals surface area contributed by atoms with Crippen molar-refractivity contribution in [2.45, 2.75) is 38.3 Å². The maximum atomic E-state index is 12.0. The van der Waals surface area contributed by atoms with Crippen molar-refractivity contribution < 1.29 is 14.3 Å². The Bertz CT molecular complexity index is 282. The van der Waals surface area contributed by atoms with Gasteiger partial charge in [0.25, 0.3) is 5.91 Å². The van der Waals surface area contributed by atoms with E-state index in [9.17, 15) is 9.59 Å². The zero-order valence-corrected chi connectivity index (χ0v) is 9.81. The Morgan fingerprint density at radius 1 is 1.44 bits per heavy atom. The molecule has 2 aliphatic rings. The van der Waals surface area contributed by atoms with Crippen LogP contribution in [0.5, 0.6) is 0 Å². The van der Waals surface area contributed by atoms with Crippen LogP contribution in [0.4, 0.5) is 4.79 Å². The lowest BCUT2D eigenvalue weighted by Crippen LogP contribution is -2.35. The van der Waals surface area contributed by atoms with Crippen molar-refractivity contribution in [3.8, 4) is 0 Å². The number of hydrogen-bond donors (Lipinski definition) is 0. The summed E-state index contributed by atoms with van der Waals surface area (Å²) in [6.45, 7) is 3.15. The molecule has 90 valence electrons. The molecule has 2 rings (SSSR count). The van der Waals surface area contributed by atoms with Gasteiger partial charge in [-0.05, 0) is 6.42 Å². The van der Waals surface area contributed by atoms with Crippen molar-refractivity contribution >= 4 is 11.9 Å². The molecule has 0 aromatic carbocycles. The lowest BCUT2D eigenvalue weighted by Gasteiger charge is -2.16. The van der Waals surface area contributed by atoms with Crippen LogP contribution < -0.4 is 0 Å². The SMILES string of the molecule is CCCCN1C(=O)C2CC(OC)CN2C1=O. The molecule has 2 unspecified atom stereocenters. The first-order chi connectivity index (χ1) is 7.69. The minimum Gasteiger partial charge on any atom is -0.380 e. The van der Waals surface area contributed by atoms with Crippen LogP contribution in [0, 0.1) is 0 Å². The number of nitrogens with zero attached hydrogens (tertiary/aromatic N) is 2. The third-order valence-corrected chi connectivity index (χ3v) is 3.36. The molecule has 5 nitrogen and oxygen atoms in total. The van der Waals surface area contributed by atoms with Gasteiger partial charge >= 0.3 is 6.03 Å². The quantitative estimate of drug-likeness (QED) is 0.667. The van der Waals surface area contributed by atoms with Crippen molar-refractivity contribution in [1.82, 2.24) is 9.80 Å². The average Bonchev–Trinajstić information content (AvgIpc) is 2.80. The highest BCUT2D eigenvalue weighted by Gasteiger charge is 2.50. The maximum Gasteiger partial charge on any atom is 0.327 e. The number of amides is 3. The second-order valence-electron chi connectivity index (χ2n) is 4.39. The molecule has 2 aliphatic heterocycles. The fourth-order valence-electron chi connectivity index (χ4n) is 2.36. The molecule has 0 bridgehead atoms. The Hall–Kier alpha value is -1.10. The van der Waals surface area contributed by atoms with Gasteiger partial charge in [-0.2, -0.15) is 0 Å². The van der Waals surface area contributed by atoms with Gasteiger partial charge in [0.1, 0.15) is 6.04 Å². The summed E-state index contributed by atoms with van der Waals surface area (Å²) in [6, 6.07) is -0.405. The lowest BCUT2D eigenvalue weighted by molar-refractivity contribution is -0.128. The highest BCUT2D eigenvalue weighted by Crippen LogP contribution is 2.28. The van der Waals surface area contributed by atoms with Crippen LogP contribution in [-0.4, -0.2) is 54.1 Å². The molecule has 0 radical (unpaired) electrons. The molecule has 5 heteroatoms. The monoisotopic (exact) mass is 226 g/mol. The van der Waals surface area contributed by atoms with Crippen molar-refractivity contribution in [2.75, 3.05) is 20.2 Å². The van der Waals surface area contributed by atoms with E-state index in [1.54, 1.807) is 12.0 Å². The fraction of sp³-hybridized carbons (Fsp3) is 0.818. The van der Waals surface area contributed by atoms with Crippen LogP contribution in [0.1, 0.15) is 26.2 Å². The van der Waals surface area contributed by atoms with Gasteiger partial charge in [0.15, 0.2) is 0 Å². The summed E-state index contributed by atoms with van der Waals surface area (Å²) in [5.41, 5.74) is 0. The van der Waals surface area contributed by atoms with Crippen LogP contribution in [-0.2, 0) is 9.53 Å². The molecule has 0 saturated carbocycles. The van der Waals surface area contributed by atoms with Crippen LogP contribution in [0.3, 0.4) is 0 Å². The van der Waals surface area contributed by atoms with E-state index >= 15 is 0 Å². The molecule has 2 heterocycles. The number of fused-ring (bicyclic) bond motifs is 1. The van der Waals surface area contributed by atoms with E-state index in [-0.39, 0.29) is 24.1 Å². The van der Waals surface area contributed by atoms with Gasteiger partial charge in [-0.1, -0.05) is 13.3 Å². The summed E-state index contributed by atoms with van der Waals surface area (Å²) in [4.78, 5) is 26.9. The van der Waals surface area contributed by atoms with Crippen molar-refractivity contribution in [3.05, 3.63) is 0 Å². The van der Waals surface area contributed by atoms with Crippen LogP contribution in [0.25, 0.3) is 0 Å². The minimum atomic E-state index is -0.269. The van der Waals surface area contributed by atoms with Crippen LogP contribution in [0.15, 0.2) is 0 Å². The molecule has 16 heavy (non-hydrogen) atoms. The van der Waals surface area contributed by atoms with E-state index in [1.807, 2.05) is 6.92 Å². The maximum absolute atomic E-state index is 12.0. The van der Waals surface area contributed by atoms with E-state index in [2.05, 4.69) is 0 Å². The van der Waals surface area contributed by atoms with Crippen molar-refractivity contribution in [2.24, 2.45) is 0 Å². The number of urea groups is 1. The molecular formula is C11H18N2O3. The number of rotatable bonds is 4. The zero-order chi connectivity index (χ0) is 11.7. The summed E-state index contributed by atoms with van der Waals surface area (Å²) >= 11 is 0. The van der Waals surface area contributed by atoms with Crippen molar-refractivity contribution in [1.29, 1.82) is 0 Å². The first-order valence-electron chi connectivity index (χ1n) is 5.83. The molecule has 0 aromatic rings. The number of unbranched alkanes of at least 4 members (excludes halogenated alkanes) is 1. The highest BCUT2D eigenvalue weighted by molar-refractivity contribution is 6.04. The summed E-state index contributed by atoms with van der Waals surface area (Å²) in [5, 5.41) is 0. The van der Waals surface area contributed by atoms with Crippen LogP contribution >= 0.6 is 0 Å². The predicted octanol–water partition coefficient (Wildman–Crippen LogP) is 0.838. The topological polar surface area (TPSA) is 49.9 Å². The number of carbonyl (C=O) groups is 2. The van der Waals surface area contributed by atoms with Gasteiger partial charge in [0.2, 0.25) is 0 Å². The Morgan fingerprint density at radius 3 is 2.75 bits per heavy atom. The van der Waals surface area contributed by atoms with Gasteiger partial charge < -0.3 is 9.64 Å². The molecular weight excluding hydrogens is 208 g/mol. The summed E-state index contributed by atoms with van der Waals surface area (Å²) in [7, 11) is 1.62. The Labute approximate surface area is 95.3 Å². The highest BCUT2D eigenvalue weighted by atomic mass is 16.5. The molecule has 2 saturated heterocycles. The molecule has 2 fully saturated rings. The molecule has 0 spiro atoms. The third kappa shape index (κ3) is 1.69. The van der Waals surface area contributed by atoms with E-state index in [4.69, 9.17) is 4.74 Å². The van der Waals surface area contributed by atoms with Crippen molar-refractivity contribution in [3.63, 3.8) is 0 Å². The third-order valence-electron chi connectivity index (χ3n) is 3.36. The van der Waals surface area contributed by atoms with Gasteiger partial charge in [0.05, 0.1) is 6.10 Å². The van der Waals surface area contributed by atoms with Gasteiger partial charge in [0, 0.05) is 26.6 Å². The van der Waals surface area contributed by atoms with E-state index in [1.165, 1.54) is 4.90 Å². The lowest BCUT2D eigenvalue weighted by atomic mass is 10.2. The second kappa shape index (κ2) is 4.41. The van der Waals surface area contributed by atoms with E-state index < -0.39 is 0 Å². The van der Waals surface area contributed by atoms with Gasteiger partial charge in [-0.15, -0.1) is 0 Å². The number of imide groups is 1. The second-order valence-corrected chi connectivity index (χ2v) is 4.39. The minimum absolute atomic E-state index is 0.0197. The first-order valence-corrected chi connectivity index (χ1v) is 5.83. The smallest absolute Gasteiger partial charge is 0.327 e. The Kier molecular flexibility index (Phi) is 3.14. The zero-order valence-electron chi connectivity index (χ0n) is 9.81. The number of methoxy groups -OCH3 is 1. The molecule has 0 aliphatic carbocycles. The first kappa shape index (κ1) is 11.4. The molecule has 0 aromatic heterocycles. The normalized spacial score (nSPS) is 29.1. The predicted molar refractivity (Wildman–Crippen MR) is 57.9 cm³/mol. The number of ether oxygens (including phenoxy) is 1. The standard InChI is InChI=1S/C11H18N2O3/c1-3-4-5-12-10(14)9-6-8(16-2)7-13(9)11(12)15/h8-9H,3-7H2,1-2H3. The summed E-state index contributed by atoms with van der Waals surface area (Å²) in [5.74, 6) is -0.0435. The van der Waals surface area contributed by atoms with E-state index in [0.717, 1.165) is 12.8 Å². The number of hydrogen-bond acceptors (Lipinski definition) is 3. The number of carbonyl (C=O) groups excluding carboxylic acids is 2. The van der Waals surface area contributed by atoms with Gasteiger partial charge in [-0.3, -0.25) is 9.69 Å². The summed E-state index contributed by atoms with van der Waals surface area (Å²) < 4.78 is 5.20. The fourth-order valence-corrected chi connectivity index (χ4v) is 2.36. The average molecular weight is 226 g/mol. The van der Waals surface area contributed by atoms with Crippen LogP contribution in [0.2, 0.25) is 0 Å². The Morgan fingerprint density at radius 2 is 2.19 bits per heavy atom. The van der Waals surface area contributed by atoms with Gasteiger partial charge in [-0.25, -0.2) is 4.79 Å². The summed E-state index contributed by atoms with van der Waals surface area (Å²) in [6.07, 6.45) is 2.53. The largest absolute Gasteiger partial charge is 0.380 e.